The largest absolute Gasteiger partial charge is 0.494 e. The first-order valence-electron chi connectivity index (χ1n) is 6.69. The van der Waals surface area contributed by atoms with Crippen molar-refractivity contribution in [3.63, 3.8) is 0 Å². The van der Waals surface area contributed by atoms with Crippen LogP contribution in [0.25, 0.3) is 0 Å². The van der Waals surface area contributed by atoms with Crippen LogP contribution in [0, 0.1) is 5.82 Å². The Morgan fingerprint density at radius 3 is 1.95 bits per heavy atom. The van der Waals surface area contributed by atoms with Gasteiger partial charge in [-0.1, -0.05) is 0 Å². The molecule has 1 aliphatic heterocycles. The number of ether oxygens (including phenoxy) is 1. The second-order valence-corrected chi connectivity index (χ2v) is 6.17. The number of rotatable bonds is 2. The first-order chi connectivity index (χ1) is 9.89. The molecule has 1 fully saturated rings. The van der Waals surface area contributed by atoms with Crippen molar-refractivity contribution >= 4 is 12.6 Å². The number of methoxy groups -OCH3 is 1. The molecule has 0 saturated carbocycles. The molecule has 1 aliphatic rings. The Labute approximate surface area is 126 Å². The van der Waals surface area contributed by atoms with Crippen molar-refractivity contribution in [1.82, 2.24) is 0 Å². The Kier molecular flexibility index (Phi) is 3.98. The molecular weight excluding hydrogens is 303 g/mol. The molecule has 3 nitrogen and oxygen atoms in total. The summed E-state index contributed by atoms with van der Waals surface area (Å²) in [5.74, 6) is -1.95. The van der Waals surface area contributed by atoms with E-state index in [0.717, 1.165) is 19.2 Å². The number of halogens is 4. The molecule has 0 radical (unpaired) electrons. The number of alkyl halides is 3. The van der Waals surface area contributed by atoms with Crippen LogP contribution in [0.15, 0.2) is 12.1 Å². The molecule has 0 aliphatic carbocycles. The normalized spacial score (nSPS) is 20.3. The summed E-state index contributed by atoms with van der Waals surface area (Å²) in [6.07, 6.45) is -4.74. The van der Waals surface area contributed by atoms with Crippen LogP contribution in [-0.4, -0.2) is 25.4 Å². The van der Waals surface area contributed by atoms with Gasteiger partial charge in [0.2, 0.25) is 0 Å². The molecule has 2 rings (SSSR count). The fourth-order valence-electron chi connectivity index (χ4n) is 2.15. The van der Waals surface area contributed by atoms with Gasteiger partial charge >= 0.3 is 13.3 Å². The lowest BCUT2D eigenvalue weighted by molar-refractivity contribution is -0.139. The standard InChI is InChI=1S/C14H17BF4O3/c1-12(2)13(3,4)22-15(21-12)8-6-9(14(17,18)19)11(20-5)10(16)7-8/h6-7H,1-5H3. The summed E-state index contributed by atoms with van der Waals surface area (Å²) < 4.78 is 68.9. The fourth-order valence-corrected chi connectivity index (χ4v) is 2.15. The Bertz CT molecular complexity index is 568. The van der Waals surface area contributed by atoms with E-state index in [0.29, 0.717) is 0 Å². The average molecular weight is 320 g/mol. The summed E-state index contributed by atoms with van der Waals surface area (Å²) >= 11 is 0. The molecule has 0 amide bonds. The third-order valence-corrected chi connectivity index (χ3v) is 4.10. The van der Waals surface area contributed by atoms with Gasteiger partial charge in [0.25, 0.3) is 0 Å². The first kappa shape index (κ1) is 17.1. The van der Waals surface area contributed by atoms with Crippen LogP contribution in [0.1, 0.15) is 33.3 Å². The van der Waals surface area contributed by atoms with Crippen molar-refractivity contribution in [3.05, 3.63) is 23.5 Å². The number of benzene rings is 1. The van der Waals surface area contributed by atoms with Crippen LogP contribution in [0.5, 0.6) is 5.75 Å². The van der Waals surface area contributed by atoms with E-state index >= 15 is 0 Å². The summed E-state index contributed by atoms with van der Waals surface area (Å²) in [5.41, 5.74) is -2.69. The zero-order chi connectivity index (χ0) is 16.9. The van der Waals surface area contributed by atoms with E-state index < -0.39 is 41.6 Å². The smallest absolute Gasteiger partial charge is 0.493 e. The minimum absolute atomic E-state index is 0.0377. The monoisotopic (exact) mass is 320 g/mol. The Morgan fingerprint density at radius 2 is 1.55 bits per heavy atom. The van der Waals surface area contributed by atoms with Gasteiger partial charge in [-0.15, -0.1) is 0 Å². The molecule has 8 heteroatoms. The molecule has 1 heterocycles. The third-order valence-electron chi connectivity index (χ3n) is 4.10. The molecule has 0 aromatic heterocycles. The van der Waals surface area contributed by atoms with Crippen LogP contribution >= 0.6 is 0 Å². The van der Waals surface area contributed by atoms with Crippen LogP contribution in [0.2, 0.25) is 0 Å². The lowest BCUT2D eigenvalue weighted by atomic mass is 9.78. The average Bonchev–Trinajstić information content (AvgIpc) is 2.56. The zero-order valence-corrected chi connectivity index (χ0v) is 13.0. The van der Waals surface area contributed by atoms with Crippen LogP contribution in [0.3, 0.4) is 0 Å². The quantitative estimate of drug-likeness (QED) is 0.619. The topological polar surface area (TPSA) is 27.7 Å². The Morgan fingerprint density at radius 1 is 1.05 bits per heavy atom. The molecule has 122 valence electrons. The number of hydrogen-bond donors (Lipinski definition) is 0. The van der Waals surface area contributed by atoms with Crippen LogP contribution < -0.4 is 10.2 Å². The lowest BCUT2D eigenvalue weighted by Crippen LogP contribution is -2.41. The van der Waals surface area contributed by atoms with Gasteiger partial charge in [0, 0.05) is 0 Å². The molecule has 0 spiro atoms. The molecule has 1 aromatic rings. The molecule has 0 N–H and O–H groups in total. The van der Waals surface area contributed by atoms with Crippen molar-refractivity contribution < 1.29 is 31.6 Å². The van der Waals surface area contributed by atoms with E-state index in [1.165, 1.54) is 0 Å². The minimum Gasteiger partial charge on any atom is -0.493 e. The molecule has 0 unspecified atom stereocenters. The maximum atomic E-state index is 13.9. The van der Waals surface area contributed by atoms with Gasteiger partial charge in [0.15, 0.2) is 11.6 Å². The van der Waals surface area contributed by atoms with Crippen molar-refractivity contribution in [2.24, 2.45) is 0 Å². The highest BCUT2D eigenvalue weighted by Gasteiger charge is 2.52. The van der Waals surface area contributed by atoms with Crippen molar-refractivity contribution in [3.8, 4) is 5.75 Å². The molecule has 0 bridgehead atoms. The molecule has 0 atom stereocenters. The number of hydrogen-bond acceptors (Lipinski definition) is 3. The Hall–Kier alpha value is -1.28. The lowest BCUT2D eigenvalue weighted by Gasteiger charge is -2.32. The zero-order valence-electron chi connectivity index (χ0n) is 13.0. The van der Waals surface area contributed by atoms with Crippen LogP contribution in [0.4, 0.5) is 17.6 Å². The summed E-state index contributed by atoms with van der Waals surface area (Å²) in [7, 11) is -0.0891. The third kappa shape index (κ3) is 2.81. The second kappa shape index (κ2) is 5.13. The van der Waals surface area contributed by atoms with Crippen molar-refractivity contribution in [2.45, 2.75) is 45.1 Å². The minimum atomic E-state index is -4.74. The predicted molar refractivity (Wildman–Crippen MR) is 73.7 cm³/mol. The predicted octanol–water partition coefficient (Wildman–Crippen LogP) is 3.15. The van der Waals surface area contributed by atoms with Gasteiger partial charge in [-0.05, 0) is 45.3 Å². The highest BCUT2D eigenvalue weighted by atomic mass is 19.4. The van der Waals surface area contributed by atoms with Gasteiger partial charge in [-0.3, -0.25) is 0 Å². The van der Waals surface area contributed by atoms with Gasteiger partial charge < -0.3 is 14.0 Å². The van der Waals surface area contributed by atoms with E-state index in [1.54, 1.807) is 27.7 Å². The van der Waals surface area contributed by atoms with Gasteiger partial charge in [-0.25, -0.2) is 4.39 Å². The Balaban J connectivity index is 2.49. The van der Waals surface area contributed by atoms with Crippen LogP contribution in [-0.2, 0) is 15.5 Å². The summed E-state index contributed by atoms with van der Waals surface area (Å²) in [4.78, 5) is 0. The maximum absolute atomic E-state index is 13.9. The molecule has 1 saturated heterocycles. The second-order valence-electron chi connectivity index (χ2n) is 6.17. The summed E-state index contributed by atoms with van der Waals surface area (Å²) in [6, 6.07) is 1.74. The fraction of sp³-hybridized carbons (Fsp3) is 0.571. The van der Waals surface area contributed by atoms with Gasteiger partial charge in [0.05, 0.1) is 18.3 Å². The van der Waals surface area contributed by atoms with E-state index in [9.17, 15) is 17.6 Å². The van der Waals surface area contributed by atoms with Crippen molar-refractivity contribution in [1.29, 1.82) is 0 Å². The van der Waals surface area contributed by atoms with Crippen molar-refractivity contribution in [2.75, 3.05) is 7.11 Å². The summed E-state index contributed by atoms with van der Waals surface area (Å²) in [5, 5.41) is 0. The van der Waals surface area contributed by atoms with E-state index in [-0.39, 0.29) is 5.46 Å². The van der Waals surface area contributed by atoms with Gasteiger partial charge in [0.1, 0.15) is 5.56 Å². The highest BCUT2D eigenvalue weighted by Crippen LogP contribution is 2.39. The molecule has 22 heavy (non-hydrogen) atoms. The first-order valence-corrected chi connectivity index (χ1v) is 6.69. The molecular formula is C14H17BF4O3. The van der Waals surface area contributed by atoms with E-state index in [4.69, 9.17) is 9.31 Å². The summed E-state index contributed by atoms with van der Waals surface area (Å²) in [6.45, 7) is 7.05. The van der Waals surface area contributed by atoms with E-state index in [2.05, 4.69) is 4.74 Å². The van der Waals surface area contributed by atoms with E-state index in [1.807, 2.05) is 0 Å². The van der Waals surface area contributed by atoms with Gasteiger partial charge in [-0.2, -0.15) is 13.2 Å². The maximum Gasteiger partial charge on any atom is 0.494 e. The highest BCUT2D eigenvalue weighted by molar-refractivity contribution is 6.62. The molecule has 1 aromatic carbocycles. The SMILES string of the molecule is COc1c(F)cc(B2OC(C)(C)C(C)(C)O2)cc1C(F)(F)F.